The lowest BCUT2D eigenvalue weighted by molar-refractivity contribution is -0.116. The van der Waals surface area contributed by atoms with Gasteiger partial charge in [-0.15, -0.1) is 0 Å². The van der Waals surface area contributed by atoms with E-state index in [1.165, 1.54) is 17.9 Å². The SMILES string of the molecule is CCNc1c(NS(=O)(=O)c2cc(Br)cc3c2N(C(C)=O)CC3)c(=O)oc2ccccc12. The van der Waals surface area contributed by atoms with E-state index in [1.807, 2.05) is 6.92 Å². The summed E-state index contributed by atoms with van der Waals surface area (Å²) in [6, 6.07) is 10.1. The largest absolute Gasteiger partial charge is 0.421 e. The quantitative estimate of drug-likeness (QED) is 0.511. The van der Waals surface area contributed by atoms with Crippen molar-refractivity contribution in [2.75, 3.05) is 28.0 Å². The first-order valence-electron chi connectivity index (χ1n) is 9.66. The van der Waals surface area contributed by atoms with Crippen molar-refractivity contribution >= 4 is 59.9 Å². The molecule has 3 aromatic rings. The third kappa shape index (κ3) is 3.81. The lowest BCUT2D eigenvalue weighted by Crippen LogP contribution is -2.28. The molecule has 2 N–H and O–H groups in total. The van der Waals surface area contributed by atoms with Crippen molar-refractivity contribution in [2.45, 2.75) is 25.2 Å². The fourth-order valence-corrected chi connectivity index (χ4v) is 5.78. The number of para-hydroxylation sites is 1. The smallest absolute Gasteiger partial charge is 0.363 e. The van der Waals surface area contributed by atoms with E-state index in [4.69, 9.17) is 4.42 Å². The Hall–Kier alpha value is -2.85. The number of anilines is 3. The third-order valence-electron chi connectivity index (χ3n) is 5.07. The van der Waals surface area contributed by atoms with Crippen LogP contribution in [0, 0.1) is 0 Å². The van der Waals surface area contributed by atoms with Gasteiger partial charge >= 0.3 is 5.63 Å². The number of rotatable bonds is 5. The van der Waals surface area contributed by atoms with Crippen molar-refractivity contribution in [3.8, 4) is 0 Å². The topological polar surface area (TPSA) is 109 Å². The predicted octanol–water partition coefficient (Wildman–Crippen LogP) is 3.70. The standard InChI is InChI=1S/C21H20BrN3O5S/c1-3-23-18-15-6-4-5-7-16(15)30-21(27)19(18)24-31(28,29)17-11-14(22)10-13-8-9-25(12(2)26)20(13)17/h4-7,10-11,23-24H,3,8-9H2,1-2H3. The van der Waals surface area contributed by atoms with E-state index in [-0.39, 0.29) is 16.5 Å². The minimum atomic E-state index is -4.23. The molecule has 0 saturated heterocycles. The summed E-state index contributed by atoms with van der Waals surface area (Å²) in [5.74, 6) is -0.254. The second-order valence-corrected chi connectivity index (χ2v) is 9.67. The van der Waals surface area contributed by atoms with E-state index in [2.05, 4.69) is 26.0 Å². The summed E-state index contributed by atoms with van der Waals surface area (Å²) < 4.78 is 35.2. The molecule has 0 saturated carbocycles. The molecule has 0 bridgehead atoms. The first kappa shape index (κ1) is 21.4. The van der Waals surface area contributed by atoms with Gasteiger partial charge in [-0.3, -0.25) is 9.52 Å². The first-order valence-corrected chi connectivity index (χ1v) is 11.9. The molecule has 1 aliphatic heterocycles. The lowest BCUT2D eigenvalue weighted by atomic mass is 10.2. The van der Waals surface area contributed by atoms with Gasteiger partial charge in [0.2, 0.25) is 5.91 Å². The van der Waals surface area contributed by atoms with Crippen molar-refractivity contribution in [1.82, 2.24) is 0 Å². The van der Waals surface area contributed by atoms with Crippen LogP contribution in [0.25, 0.3) is 11.0 Å². The first-order chi connectivity index (χ1) is 14.7. The molecule has 0 unspecified atom stereocenters. The fourth-order valence-electron chi connectivity index (χ4n) is 3.78. The number of hydrogen-bond acceptors (Lipinski definition) is 6. The molecule has 0 radical (unpaired) electrons. The van der Waals surface area contributed by atoms with E-state index < -0.39 is 15.6 Å². The van der Waals surface area contributed by atoms with Gasteiger partial charge in [0.25, 0.3) is 10.0 Å². The van der Waals surface area contributed by atoms with Crippen LogP contribution in [0.2, 0.25) is 0 Å². The molecule has 10 heteroatoms. The number of nitrogens with zero attached hydrogens (tertiary/aromatic N) is 1. The van der Waals surface area contributed by atoms with Gasteiger partial charge in [0.05, 0.1) is 11.4 Å². The molecule has 8 nitrogen and oxygen atoms in total. The molecule has 1 amide bonds. The second-order valence-electron chi connectivity index (χ2n) is 7.10. The van der Waals surface area contributed by atoms with Gasteiger partial charge in [-0.1, -0.05) is 28.1 Å². The fraction of sp³-hybridized carbons (Fsp3) is 0.238. The van der Waals surface area contributed by atoms with Gasteiger partial charge in [0, 0.05) is 29.9 Å². The second kappa shape index (κ2) is 8.01. The summed E-state index contributed by atoms with van der Waals surface area (Å²) in [5.41, 5.74) is 0.737. The molecular formula is C21H20BrN3O5S. The number of halogens is 1. The molecule has 1 aromatic heterocycles. The molecule has 162 valence electrons. The molecule has 0 fully saturated rings. The molecule has 1 aliphatic rings. The van der Waals surface area contributed by atoms with Crippen LogP contribution >= 0.6 is 15.9 Å². The molecule has 2 heterocycles. The third-order valence-corrected chi connectivity index (χ3v) is 6.89. The van der Waals surface area contributed by atoms with Gasteiger partial charge in [-0.25, -0.2) is 13.2 Å². The Balaban J connectivity index is 1.90. The van der Waals surface area contributed by atoms with Crippen LogP contribution in [0.5, 0.6) is 0 Å². The van der Waals surface area contributed by atoms with Crippen molar-refractivity contribution in [3.63, 3.8) is 0 Å². The normalized spacial score (nSPS) is 13.3. The molecule has 2 aromatic carbocycles. The zero-order chi connectivity index (χ0) is 22.3. The highest BCUT2D eigenvalue weighted by Crippen LogP contribution is 2.39. The molecule has 31 heavy (non-hydrogen) atoms. The van der Waals surface area contributed by atoms with E-state index in [9.17, 15) is 18.0 Å². The summed E-state index contributed by atoms with van der Waals surface area (Å²) in [6.07, 6.45) is 0.539. The van der Waals surface area contributed by atoms with Crippen LogP contribution in [0.1, 0.15) is 19.4 Å². The van der Waals surface area contributed by atoms with E-state index in [1.54, 1.807) is 30.3 Å². The minimum absolute atomic E-state index is 0.0837. The summed E-state index contributed by atoms with van der Waals surface area (Å²) in [4.78, 5) is 26.1. The highest BCUT2D eigenvalue weighted by molar-refractivity contribution is 9.10. The molecule has 4 rings (SSSR count). The van der Waals surface area contributed by atoms with Crippen LogP contribution in [0.3, 0.4) is 0 Å². The number of carbonyl (C=O) groups excluding carboxylic acids is 1. The summed E-state index contributed by atoms with van der Waals surface area (Å²) >= 11 is 3.35. The summed E-state index contributed by atoms with van der Waals surface area (Å²) in [6.45, 7) is 4.09. The Morgan fingerprint density at radius 3 is 2.68 bits per heavy atom. The number of hydrogen-bond donors (Lipinski definition) is 2. The maximum Gasteiger partial charge on any atom is 0.363 e. The van der Waals surface area contributed by atoms with Crippen LogP contribution in [0.4, 0.5) is 17.1 Å². The number of fused-ring (bicyclic) bond motifs is 2. The molecule has 0 spiro atoms. The Morgan fingerprint density at radius 1 is 1.23 bits per heavy atom. The van der Waals surface area contributed by atoms with Crippen LogP contribution in [-0.4, -0.2) is 27.4 Å². The highest BCUT2D eigenvalue weighted by atomic mass is 79.9. The van der Waals surface area contributed by atoms with E-state index in [0.29, 0.717) is 46.3 Å². The van der Waals surface area contributed by atoms with Crippen molar-refractivity contribution in [1.29, 1.82) is 0 Å². The van der Waals surface area contributed by atoms with Crippen molar-refractivity contribution in [3.05, 3.63) is 56.9 Å². The highest BCUT2D eigenvalue weighted by Gasteiger charge is 2.32. The number of benzene rings is 2. The van der Waals surface area contributed by atoms with Crippen molar-refractivity contribution in [2.24, 2.45) is 0 Å². The van der Waals surface area contributed by atoms with Gasteiger partial charge < -0.3 is 14.6 Å². The Kier molecular flexibility index (Phi) is 5.52. The predicted molar refractivity (Wildman–Crippen MR) is 123 cm³/mol. The van der Waals surface area contributed by atoms with Gasteiger partial charge in [0.1, 0.15) is 10.5 Å². The maximum atomic E-state index is 13.4. The zero-order valence-corrected chi connectivity index (χ0v) is 19.3. The molecule has 0 atom stereocenters. The number of nitrogens with one attached hydrogen (secondary N) is 2. The average Bonchev–Trinajstić information content (AvgIpc) is 3.13. The van der Waals surface area contributed by atoms with Crippen LogP contribution in [0.15, 0.2) is 55.0 Å². The maximum absolute atomic E-state index is 13.4. The Labute approximate surface area is 187 Å². The van der Waals surface area contributed by atoms with Gasteiger partial charge in [-0.05, 0) is 43.2 Å². The average molecular weight is 506 g/mol. The number of carbonyl (C=O) groups is 1. The lowest BCUT2D eigenvalue weighted by Gasteiger charge is -2.20. The van der Waals surface area contributed by atoms with Crippen molar-refractivity contribution < 1.29 is 17.6 Å². The van der Waals surface area contributed by atoms with Crippen LogP contribution < -0.4 is 20.6 Å². The monoisotopic (exact) mass is 505 g/mol. The van der Waals surface area contributed by atoms with Gasteiger partial charge in [0.15, 0.2) is 5.69 Å². The van der Waals surface area contributed by atoms with Crippen LogP contribution in [-0.2, 0) is 21.2 Å². The Bertz CT molecular complexity index is 1370. The van der Waals surface area contributed by atoms with E-state index in [0.717, 1.165) is 5.56 Å². The van der Waals surface area contributed by atoms with Gasteiger partial charge in [-0.2, -0.15) is 0 Å². The van der Waals surface area contributed by atoms with E-state index >= 15 is 0 Å². The molecule has 0 aliphatic carbocycles. The molecular weight excluding hydrogens is 486 g/mol. The minimum Gasteiger partial charge on any atom is -0.421 e. The summed E-state index contributed by atoms with van der Waals surface area (Å²) in [7, 11) is -4.23. The summed E-state index contributed by atoms with van der Waals surface area (Å²) in [5, 5.41) is 3.64. The Morgan fingerprint density at radius 2 is 1.97 bits per heavy atom. The number of sulfonamides is 1. The number of amides is 1. The zero-order valence-electron chi connectivity index (χ0n) is 16.9.